The zero-order chi connectivity index (χ0) is 24.4. The van der Waals surface area contributed by atoms with Crippen molar-refractivity contribution in [2.75, 3.05) is 45.2 Å². The summed E-state index contributed by atoms with van der Waals surface area (Å²) in [6, 6.07) is 11.5. The predicted molar refractivity (Wildman–Crippen MR) is 139 cm³/mol. The number of fused-ring (bicyclic) bond motifs is 1. The molecule has 184 valence electrons. The number of likely N-dealkylation sites (N-methyl/N-ethyl adjacent to an activating group) is 1. The number of amides is 1. The Labute approximate surface area is 213 Å². The van der Waals surface area contributed by atoms with Gasteiger partial charge in [0.1, 0.15) is 5.76 Å². The van der Waals surface area contributed by atoms with Crippen molar-refractivity contribution in [3.05, 3.63) is 59.6 Å². The fourth-order valence-corrected chi connectivity index (χ4v) is 5.39. The number of imidazole rings is 1. The highest BCUT2D eigenvalue weighted by atomic mass is 35.5. The molecule has 4 heterocycles. The lowest BCUT2D eigenvalue weighted by molar-refractivity contribution is -0.137. The molecule has 8 nitrogen and oxygen atoms in total. The van der Waals surface area contributed by atoms with Crippen LogP contribution in [-0.2, 0) is 11.3 Å². The highest BCUT2D eigenvalue weighted by molar-refractivity contribution is 7.20. The van der Waals surface area contributed by atoms with Gasteiger partial charge in [0.05, 0.1) is 24.7 Å². The van der Waals surface area contributed by atoms with Crippen LogP contribution in [0.2, 0.25) is 5.02 Å². The van der Waals surface area contributed by atoms with E-state index in [-0.39, 0.29) is 11.8 Å². The Kier molecular flexibility index (Phi) is 7.08. The van der Waals surface area contributed by atoms with Crippen molar-refractivity contribution < 1.29 is 9.21 Å². The zero-order valence-corrected chi connectivity index (χ0v) is 21.5. The number of aromatic nitrogens is 3. The van der Waals surface area contributed by atoms with Gasteiger partial charge in [-0.15, -0.1) is 5.10 Å². The molecule has 0 N–H and O–H groups in total. The first-order chi connectivity index (χ1) is 17.0. The number of furan rings is 1. The average Bonchev–Trinajstić information content (AvgIpc) is 3.59. The summed E-state index contributed by atoms with van der Waals surface area (Å²) in [5, 5.41) is 6.42. The molecular weight excluding hydrogens is 484 g/mol. The molecule has 0 saturated carbocycles. The molecule has 1 aromatic carbocycles. The van der Waals surface area contributed by atoms with Crippen LogP contribution in [0.15, 0.2) is 53.3 Å². The number of rotatable bonds is 8. The molecule has 5 rings (SSSR count). The number of halogens is 1. The summed E-state index contributed by atoms with van der Waals surface area (Å²) in [6.45, 7) is 3.63. The van der Waals surface area contributed by atoms with E-state index in [0.717, 1.165) is 59.6 Å². The number of piperidine rings is 1. The Morgan fingerprint density at radius 3 is 2.60 bits per heavy atom. The first-order valence-corrected chi connectivity index (χ1v) is 13.0. The summed E-state index contributed by atoms with van der Waals surface area (Å²) in [7, 11) is 4.05. The summed E-state index contributed by atoms with van der Waals surface area (Å²) >= 11 is 7.58. The first kappa shape index (κ1) is 23.8. The Morgan fingerprint density at radius 1 is 1.17 bits per heavy atom. The number of hydrogen-bond acceptors (Lipinski definition) is 7. The van der Waals surface area contributed by atoms with Crippen LogP contribution in [0.1, 0.15) is 18.6 Å². The number of benzene rings is 1. The molecule has 0 bridgehead atoms. The highest BCUT2D eigenvalue weighted by Crippen LogP contribution is 2.30. The molecule has 1 amide bonds. The van der Waals surface area contributed by atoms with Gasteiger partial charge in [0, 0.05) is 42.7 Å². The summed E-state index contributed by atoms with van der Waals surface area (Å²) < 4.78 is 7.35. The number of hydrogen-bond donors (Lipinski definition) is 0. The van der Waals surface area contributed by atoms with Crippen LogP contribution in [0.25, 0.3) is 16.2 Å². The molecule has 10 heteroatoms. The van der Waals surface area contributed by atoms with Crippen molar-refractivity contribution in [1.29, 1.82) is 0 Å². The lowest BCUT2D eigenvalue weighted by Crippen LogP contribution is -2.44. The van der Waals surface area contributed by atoms with E-state index in [1.165, 1.54) is 0 Å². The van der Waals surface area contributed by atoms with E-state index in [0.29, 0.717) is 18.1 Å². The lowest BCUT2D eigenvalue weighted by Gasteiger charge is -2.34. The molecule has 0 atom stereocenters. The summed E-state index contributed by atoms with van der Waals surface area (Å²) in [5.41, 5.74) is 1.90. The lowest BCUT2D eigenvalue weighted by atomic mass is 9.95. The van der Waals surface area contributed by atoms with E-state index < -0.39 is 0 Å². The molecule has 1 saturated heterocycles. The second kappa shape index (κ2) is 10.4. The molecular formula is C25H29ClN6O2S. The van der Waals surface area contributed by atoms with Crippen LogP contribution in [0, 0.1) is 5.92 Å². The minimum atomic E-state index is 0.0175. The summed E-state index contributed by atoms with van der Waals surface area (Å²) in [5.74, 6) is 1.05. The normalized spacial score (nSPS) is 14.8. The molecule has 35 heavy (non-hydrogen) atoms. The van der Waals surface area contributed by atoms with Gasteiger partial charge >= 0.3 is 0 Å². The van der Waals surface area contributed by atoms with Crippen molar-refractivity contribution >= 4 is 38.9 Å². The third-order valence-electron chi connectivity index (χ3n) is 6.34. The standard InChI is InChI=1S/C25H29ClN6O2S/c1-29(2)13-14-31(16-21-4-3-15-34-21)23(33)19-9-11-30(12-10-19)25-28-32-17-22(27-24(32)35-25)18-5-7-20(26)8-6-18/h3-8,15,17,19H,9-14,16H2,1-2H3. The number of nitrogens with zero attached hydrogens (tertiary/aromatic N) is 6. The smallest absolute Gasteiger partial charge is 0.226 e. The maximum atomic E-state index is 13.4. The van der Waals surface area contributed by atoms with Gasteiger partial charge in [0.25, 0.3) is 0 Å². The van der Waals surface area contributed by atoms with Gasteiger partial charge in [-0.05, 0) is 51.2 Å². The summed E-state index contributed by atoms with van der Waals surface area (Å²) in [6.07, 6.45) is 5.23. The minimum Gasteiger partial charge on any atom is -0.467 e. The van der Waals surface area contributed by atoms with Gasteiger partial charge in [-0.25, -0.2) is 9.50 Å². The molecule has 1 aliphatic rings. The second-order valence-corrected chi connectivity index (χ2v) is 10.5. The van der Waals surface area contributed by atoms with E-state index in [1.807, 2.05) is 66.1 Å². The maximum absolute atomic E-state index is 13.4. The fraction of sp³-hybridized carbons (Fsp3) is 0.400. The van der Waals surface area contributed by atoms with Crippen molar-refractivity contribution in [3.8, 4) is 11.3 Å². The quantitative estimate of drug-likeness (QED) is 0.346. The average molecular weight is 513 g/mol. The maximum Gasteiger partial charge on any atom is 0.226 e. The van der Waals surface area contributed by atoms with Crippen LogP contribution < -0.4 is 4.90 Å². The number of carbonyl (C=O) groups is 1. The monoisotopic (exact) mass is 512 g/mol. The first-order valence-electron chi connectivity index (χ1n) is 11.8. The Bertz CT molecular complexity index is 1230. The van der Waals surface area contributed by atoms with Crippen LogP contribution in [0.3, 0.4) is 0 Å². The van der Waals surface area contributed by atoms with E-state index in [4.69, 9.17) is 26.1 Å². The van der Waals surface area contributed by atoms with Gasteiger partial charge < -0.3 is 19.1 Å². The number of carbonyl (C=O) groups excluding carboxylic acids is 1. The Morgan fingerprint density at radius 2 is 1.94 bits per heavy atom. The van der Waals surface area contributed by atoms with E-state index in [9.17, 15) is 4.79 Å². The van der Waals surface area contributed by atoms with Crippen LogP contribution >= 0.6 is 22.9 Å². The molecule has 3 aromatic heterocycles. The minimum absolute atomic E-state index is 0.0175. The Hall–Kier alpha value is -2.88. The van der Waals surface area contributed by atoms with E-state index in [1.54, 1.807) is 17.6 Å². The van der Waals surface area contributed by atoms with Crippen molar-refractivity contribution in [3.63, 3.8) is 0 Å². The van der Waals surface area contributed by atoms with Crippen LogP contribution in [0.4, 0.5) is 5.13 Å². The molecule has 1 aliphatic heterocycles. The van der Waals surface area contributed by atoms with Gasteiger partial charge in [-0.3, -0.25) is 4.79 Å². The molecule has 0 spiro atoms. The summed E-state index contributed by atoms with van der Waals surface area (Å²) in [4.78, 5) is 25.3. The van der Waals surface area contributed by atoms with Crippen molar-refractivity contribution in [1.82, 2.24) is 24.4 Å². The van der Waals surface area contributed by atoms with Crippen molar-refractivity contribution in [2.45, 2.75) is 19.4 Å². The Balaban J connectivity index is 1.22. The molecule has 1 fully saturated rings. The van der Waals surface area contributed by atoms with Gasteiger partial charge in [0.15, 0.2) is 0 Å². The van der Waals surface area contributed by atoms with Gasteiger partial charge in [-0.2, -0.15) is 0 Å². The van der Waals surface area contributed by atoms with Crippen LogP contribution in [-0.4, -0.2) is 70.6 Å². The topological polar surface area (TPSA) is 70.1 Å². The molecule has 0 unspecified atom stereocenters. The van der Waals surface area contributed by atoms with Crippen molar-refractivity contribution in [2.24, 2.45) is 5.92 Å². The predicted octanol–water partition coefficient (Wildman–Crippen LogP) is 4.51. The third kappa shape index (κ3) is 5.52. The van der Waals surface area contributed by atoms with E-state index >= 15 is 0 Å². The second-order valence-electron chi connectivity index (χ2n) is 9.15. The zero-order valence-electron chi connectivity index (χ0n) is 19.9. The SMILES string of the molecule is CN(C)CCN(Cc1ccco1)C(=O)C1CCN(c2nn3cc(-c4ccc(Cl)cc4)nc3s2)CC1. The largest absolute Gasteiger partial charge is 0.467 e. The fourth-order valence-electron chi connectivity index (χ4n) is 4.33. The van der Waals surface area contributed by atoms with Gasteiger partial charge in [0.2, 0.25) is 16.0 Å². The molecule has 0 radical (unpaired) electrons. The van der Waals surface area contributed by atoms with Gasteiger partial charge in [-0.1, -0.05) is 35.1 Å². The highest BCUT2D eigenvalue weighted by Gasteiger charge is 2.30. The van der Waals surface area contributed by atoms with Crippen LogP contribution in [0.5, 0.6) is 0 Å². The van der Waals surface area contributed by atoms with E-state index in [2.05, 4.69) is 9.80 Å². The molecule has 4 aromatic rings. The third-order valence-corrected chi connectivity index (χ3v) is 7.58. The number of anilines is 1. The molecule has 0 aliphatic carbocycles.